The van der Waals surface area contributed by atoms with Crippen molar-refractivity contribution in [2.24, 2.45) is 11.1 Å². The highest BCUT2D eigenvalue weighted by Gasteiger charge is 2.30. The smallest absolute Gasteiger partial charge is 0.240 e. The second kappa shape index (κ2) is 6.15. The van der Waals surface area contributed by atoms with Crippen molar-refractivity contribution in [1.29, 1.82) is 0 Å². The molecular formula is C11H21ClN4O2. The molecule has 0 spiro atoms. The van der Waals surface area contributed by atoms with Crippen molar-refractivity contribution < 1.29 is 9.32 Å². The van der Waals surface area contributed by atoms with E-state index in [0.717, 1.165) is 0 Å². The van der Waals surface area contributed by atoms with Gasteiger partial charge in [-0.3, -0.25) is 4.79 Å². The third-order valence-corrected chi connectivity index (χ3v) is 2.52. The van der Waals surface area contributed by atoms with E-state index >= 15 is 0 Å². The number of hydrogen-bond donors (Lipinski definition) is 1. The first-order chi connectivity index (χ1) is 7.71. The van der Waals surface area contributed by atoms with Gasteiger partial charge in [-0.15, -0.1) is 12.4 Å². The van der Waals surface area contributed by atoms with Crippen LogP contribution in [0.25, 0.3) is 0 Å². The zero-order valence-corrected chi connectivity index (χ0v) is 12.2. The number of hydrogen-bond acceptors (Lipinski definition) is 5. The number of amides is 1. The number of nitrogens with zero attached hydrogens (tertiary/aromatic N) is 3. The molecule has 1 amide bonds. The Kier molecular flexibility index (Phi) is 5.76. The van der Waals surface area contributed by atoms with Crippen LogP contribution in [0.5, 0.6) is 0 Å². The molecule has 0 radical (unpaired) electrons. The number of carbonyl (C=O) groups is 1. The molecular weight excluding hydrogens is 256 g/mol. The first-order valence-corrected chi connectivity index (χ1v) is 5.51. The summed E-state index contributed by atoms with van der Waals surface area (Å²) < 4.78 is 4.84. The predicted octanol–water partition coefficient (Wildman–Crippen LogP) is 1.13. The van der Waals surface area contributed by atoms with Crippen LogP contribution in [0.1, 0.15) is 32.5 Å². The molecule has 104 valence electrons. The minimum atomic E-state index is -0.541. The number of aryl methyl sites for hydroxylation is 1. The van der Waals surface area contributed by atoms with Gasteiger partial charge in [-0.25, -0.2) is 0 Å². The lowest BCUT2D eigenvalue weighted by molar-refractivity contribution is -0.134. The van der Waals surface area contributed by atoms with Gasteiger partial charge in [0.05, 0.1) is 12.6 Å². The van der Waals surface area contributed by atoms with Crippen molar-refractivity contribution in [3.63, 3.8) is 0 Å². The highest BCUT2D eigenvalue weighted by Crippen LogP contribution is 2.19. The monoisotopic (exact) mass is 276 g/mol. The molecule has 18 heavy (non-hydrogen) atoms. The molecule has 0 unspecified atom stereocenters. The van der Waals surface area contributed by atoms with E-state index in [1.54, 1.807) is 14.0 Å². The van der Waals surface area contributed by atoms with Crippen molar-refractivity contribution in [1.82, 2.24) is 15.0 Å². The van der Waals surface area contributed by atoms with Gasteiger partial charge in [0.25, 0.3) is 0 Å². The van der Waals surface area contributed by atoms with Gasteiger partial charge in [-0.05, 0) is 5.41 Å². The fraction of sp³-hybridized carbons (Fsp3) is 0.727. The second-order valence-corrected chi connectivity index (χ2v) is 5.27. The maximum Gasteiger partial charge on any atom is 0.240 e. The van der Waals surface area contributed by atoms with E-state index in [4.69, 9.17) is 10.3 Å². The molecule has 0 saturated heterocycles. The number of carbonyl (C=O) groups excluding carboxylic acids is 1. The standard InChI is InChI=1S/C11H20N4O2.ClH/c1-7-13-8(14-17-7)6-15(5)10(16)9(12)11(2,3)4;/h9H,6,12H2,1-5H3;1H/t9-;/m1./s1. The molecule has 1 aromatic heterocycles. The Morgan fingerprint density at radius 3 is 2.44 bits per heavy atom. The van der Waals surface area contributed by atoms with Crippen molar-refractivity contribution in [3.8, 4) is 0 Å². The topological polar surface area (TPSA) is 85.2 Å². The molecule has 0 saturated carbocycles. The van der Waals surface area contributed by atoms with E-state index in [1.165, 1.54) is 4.90 Å². The molecule has 6 nitrogen and oxygen atoms in total. The lowest BCUT2D eigenvalue weighted by atomic mass is 9.86. The van der Waals surface area contributed by atoms with E-state index in [1.807, 2.05) is 20.8 Å². The predicted molar refractivity (Wildman–Crippen MR) is 70.2 cm³/mol. The van der Waals surface area contributed by atoms with E-state index in [2.05, 4.69) is 10.1 Å². The fourth-order valence-electron chi connectivity index (χ4n) is 1.30. The van der Waals surface area contributed by atoms with Crippen molar-refractivity contribution in [2.75, 3.05) is 7.05 Å². The van der Waals surface area contributed by atoms with Crippen molar-refractivity contribution >= 4 is 18.3 Å². The van der Waals surface area contributed by atoms with Gasteiger partial charge in [0.1, 0.15) is 0 Å². The van der Waals surface area contributed by atoms with Crippen LogP contribution in [0.4, 0.5) is 0 Å². The minimum Gasteiger partial charge on any atom is -0.340 e. The van der Waals surface area contributed by atoms with Crippen LogP contribution in [0, 0.1) is 12.3 Å². The van der Waals surface area contributed by atoms with Gasteiger partial charge in [-0.2, -0.15) is 4.98 Å². The van der Waals surface area contributed by atoms with Crippen LogP contribution in [0.3, 0.4) is 0 Å². The van der Waals surface area contributed by atoms with Crippen molar-refractivity contribution in [3.05, 3.63) is 11.7 Å². The Hall–Kier alpha value is -1.14. The lowest BCUT2D eigenvalue weighted by Crippen LogP contribution is -2.49. The number of nitrogens with two attached hydrogens (primary N) is 1. The second-order valence-electron chi connectivity index (χ2n) is 5.27. The molecule has 0 aromatic carbocycles. The highest BCUT2D eigenvalue weighted by atomic mass is 35.5. The van der Waals surface area contributed by atoms with Gasteiger partial charge in [0.15, 0.2) is 5.82 Å². The molecule has 7 heteroatoms. The minimum absolute atomic E-state index is 0. The van der Waals surface area contributed by atoms with E-state index in [9.17, 15) is 4.79 Å². The molecule has 1 rings (SSSR count). The van der Waals surface area contributed by atoms with Crippen molar-refractivity contribution in [2.45, 2.75) is 40.3 Å². The molecule has 0 fully saturated rings. The summed E-state index contributed by atoms with van der Waals surface area (Å²) in [6.45, 7) is 7.81. The summed E-state index contributed by atoms with van der Waals surface area (Å²) in [4.78, 5) is 17.6. The summed E-state index contributed by atoms with van der Waals surface area (Å²) in [5.41, 5.74) is 5.63. The molecule has 2 N–H and O–H groups in total. The third kappa shape index (κ3) is 4.27. The van der Waals surface area contributed by atoms with E-state index < -0.39 is 6.04 Å². The maximum atomic E-state index is 12.0. The number of likely N-dealkylation sites (N-methyl/N-ethyl adjacent to an activating group) is 1. The van der Waals surface area contributed by atoms with Crippen LogP contribution in [-0.2, 0) is 11.3 Å². The van der Waals surface area contributed by atoms with Crippen LogP contribution in [0.2, 0.25) is 0 Å². The number of aromatic nitrogens is 2. The first-order valence-electron chi connectivity index (χ1n) is 5.51. The summed E-state index contributed by atoms with van der Waals surface area (Å²) in [7, 11) is 1.68. The SMILES string of the molecule is Cc1nc(CN(C)C(=O)[C@@H](N)C(C)(C)C)no1.Cl. The Morgan fingerprint density at radius 1 is 1.50 bits per heavy atom. The average molecular weight is 277 g/mol. The normalized spacial score (nSPS) is 12.8. The summed E-state index contributed by atoms with van der Waals surface area (Å²) in [5.74, 6) is 0.848. The van der Waals surface area contributed by atoms with Gasteiger partial charge >= 0.3 is 0 Å². The lowest BCUT2D eigenvalue weighted by Gasteiger charge is -2.29. The fourth-order valence-corrected chi connectivity index (χ4v) is 1.30. The van der Waals surface area contributed by atoms with E-state index in [0.29, 0.717) is 18.3 Å². The largest absolute Gasteiger partial charge is 0.340 e. The molecule has 0 bridgehead atoms. The molecule has 1 heterocycles. The Bertz CT molecular complexity index is 400. The molecule has 0 aliphatic rings. The van der Waals surface area contributed by atoms with Gasteiger partial charge in [0.2, 0.25) is 11.8 Å². The summed E-state index contributed by atoms with van der Waals surface area (Å²) >= 11 is 0. The van der Waals surface area contributed by atoms with Crippen LogP contribution >= 0.6 is 12.4 Å². The summed E-state index contributed by atoms with van der Waals surface area (Å²) in [5, 5.41) is 3.74. The summed E-state index contributed by atoms with van der Waals surface area (Å²) in [6.07, 6.45) is 0. The molecule has 1 atom stereocenters. The van der Waals surface area contributed by atoms with E-state index in [-0.39, 0.29) is 23.7 Å². The highest BCUT2D eigenvalue weighted by molar-refractivity contribution is 5.85. The Labute approximate surface area is 113 Å². The van der Waals surface area contributed by atoms with Crippen LogP contribution in [-0.4, -0.2) is 34.0 Å². The number of halogens is 1. The van der Waals surface area contributed by atoms with Gasteiger partial charge < -0.3 is 15.2 Å². The summed E-state index contributed by atoms with van der Waals surface area (Å²) in [6, 6.07) is -0.541. The Morgan fingerprint density at radius 2 is 2.06 bits per heavy atom. The van der Waals surface area contributed by atoms with Crippen LogP contribution in [0.15, 0.2) is 4.52 Å². The van der Waals surface area contributed by atoms with Crippen LogP contribution < -0.4 is 5.73 Å². The molecule has 1 aromatic rings. The Balaban J connectivity index is 0.00000289. The maximum absolute atomic E-state index is 12.0. The molecule has 0 aliphatic heterocycles. The van der Waals surface area contributed by atoms with Gasteiger partial charge in [0, 0.05) is 14.0 Å². The quantitative estimate of drug-likeness (QED) is 0.894. The zero-order valence-electron chi connectivity index (χ0n) is 11.4. The molecule has 0 aliphatic carbocycles. The van der Waals surface area contributed by atoms with Gasteiger partial charge in [-0.1, -0.05) is 25.9 Å². The zero-order chi connectivity index (χ0) is 13.2. The first kappa shape index (κ1) is 16.9. The average Bonchev–Trinajstić information content (AvgIpc) is 2.60. The third-order valence-electron chi connectivity index (χ3n) is 2.52. The number of rotatable bonds is 3.